The number of carbonyl (C=O) groups excluding carboxylic acids is 8. The second-order valence-corrected chi connectivity index (χ2v) is 20.3. The van der Waals surface area contributed by atoms with Crippen molar-refractivity contribution in [2.45, 2.75) is 123 Å². The van der Waals surface area contributed by atoms with Gasteiger partial charge in [0.05, 0.1) is 61.9 Å². The number of pyridine rings is 2. The van der Waals surface area contributed by atoms with E-state index in [1.54, 1.807) is 57.2 Å². The number of aliphatic hydroxyl groups is 1. The van der Waals surface area contributed by atoms with E-state index in [0.29, 0.717) is 34.4 Å². The van der Waals surface area contributed by atoms with Crippen molar-refractivity contribution in [3.05, 3.63) is 98.6 Å². The van der Waals surface area contributed by atoms with Gasteiger partial charge in [-0.15, -0.1) is 0 Å². The third-order valence-corrected chi connectivity index (χ3v) is 14.2. The van der Waals surface area contributed by atoms with Crippen LogP contribution in [0.15, 0.2) is 59.4 Å². The fraction of sp³-hybridized carbons (Fsp3) is 0.456. The lowest BCUT2D eigenvalue weighted by Gasteiger charge is -2.31. The highest BCUT2D eigenvalue weighted by molar-refractivity contribution is 6.13. The number of carboxylic acid groups (broad SMARTS) is 1. The zero-order chi connectivity index (χ0) is 59.4. The van der Waals surface area contributed by atoms with Gasteiger partial charge in [-0.2, -0.15) is 0 Å². The minimum atomic E-state index is -1.98. The highest BCUT2D eigenvalue weighted by Gasteiger charge is 2.45. The molecule has 0 unspecified atom stereocenters. The smallest absolute Gasteiger partial charge is 0.343 e. The Morgan fingerprint density at radius 2 is 1.56 bits per heavy atom. The number of hydrogen-bond donors (Lipinski definition) is 7. The molecule has 25 heteroatoms. The second-order valence-electron chi connectivity index (χ2n) is 20.3. The van der Waals surface area contributed by atoms with E-state index in [1.165, 1.54) is 17.6 Å². The van der Waals surface area contributed by atoms with Crippen molar-refractivity contribution in [1.29, 1.82) is 0 Å². The molecule has 0 spiro atoms. The number of cyclic esters (lactones) is 1. The van der Waals surface area contributed by atoms with Crippen LogP contribution in [0.1, 0.15) is 101 Å². The number of carboxylic acids is 1. The molecule has 7 N–H and O–H groups in total. The Bertz CT molecular complexity index is 3220. The molecule has 0 saturated carbocycles. The number of benzene rings is 2. The monoisotopic (exact) mass is 1140 g/mol. The number of esters is 1. The van der Waals surface area contributed by atoms with Crippen LogP contribution >= 0.6 is 0 Å². The molecule has 0 radical (unpaired) electrons. The maximum Gasteiger partial charge on any atom is 0.343 e. The normalized spacial score (nSPS) is 16.2. The van der Waals surface area contributed by atoms with Gasteiger partial charge >= 0.3 is 11.9 Å². The summed E-state index contributed by atoms with van der Waals surface area (Å²) in [4.78, 5) is 133. The van der Waals surface area contributed by atoms with Gasteiger partial charge in [-0.3, -0.25) is 48.1 Å². The number of aryl methyl sites for hydroxylation is 1. The Balaban J connectivity index is 0.882. The van der Waals surface area contributed by atoms with Gasteiger partial charge in [0.1, 0.15) is 31.3 Å². The third-order valence-electron chi connectivity index (χ3n) is 14.2. The van der Waals surface area contributed by atoms with Crippen LogP contribution in [0, 0.1) is 11.7 Å². The van der Waals surface area contributed by atoms with E-state index < -0.39 is 94.3 Å². The van der Waals surface area contributed by atoms with Gasteiger partial charge < -0.3 is 60.3 Å². The zero-order valence-corrected chi connectivity index (χ0v) is 46.1. The van der Waals surface area contributed by atoms with Gasteiger partial charge in [0.25, 0.3) is 17.4 Å². The van der Waals surface area contributed by atoms with E-state index in [0.717, 1.165) is 33.7 Å². The lowest BCUT2D eigenvalue weighted by atomic mass is 9.86. The summed E-state index contributed by atoms with van der Waals surface area (Å²) in [5.74, 6) is -7.28. The minimum absolute atomic E-state index is 0.000974. The molecule has 7 rings (SSSR count). The average Bonchev–Trinajstić information content (AvgIpc) is 4.07. The number of amides is 7. The number of halogens is 1. The van der Waals surface area contributed by atoms with Crippen LogP contribution in [0.2, 0.25) is 0 Å². The van der Waals surface area contributed by atoms with Crippen LogP contribution in [0.5, 0.6) is 5.75 Å². The average molecular weight is 1140 g/mol. The summed E-state index contributed by atoms with van der Waals surface area (Å²) in [6.07, 6.45) is 2.01. The molecule has 3 aliphatic rings. The molecule has 24 nitrogen and oxygen atoms in total. The molecule has 5 heterocycles. The second kappa shape index (κ2) is 27.4. The van der Waals surface area contributed by atoms with Crippen LogP contribution in [0.25, 0.3) is 22.3 Å². The number of hydrogen-bond acceptors (Lipinski definition) is 16. The molecule has 0 aliphatic carbocycles. The molecular weight excluding hydrogens is 1070 g/mol. The molecular formula is C57H67FN8O16. The Hall–Kier alpha value is -8.42. The lowest BCUT2D eigenvalue weighted by Crippen LogP contribution is -2.57. The molecule has 4 aromatic rings. The summed E-state index contributed by atoms with van der Waals surface area (Å²) in [5.41, 5.74) is 1.98. The van der Waals surface area contributed by atoms with Gasteiger partial charge in [0.15, 0.2) is 17.2 Å². The Morgan fingerprint density at radius 1 is 0.829 bits per heavy atom. The summed E-state index contributed by atoms with van der Waals surface area (Å²) in [5, 5.41) is 33.8. The maximum atomic E-state index is 15.6. The van der Waals surface area contributed by atoms with E-state index in [9.17, 15) is 53.1 Å². The standard InChI is InChI=1S/C57H67FN8O16/c1-6-35-36-25-44(40(58)27-42(36)63-51-37(35)28-66-43(51)26-39-38(55(66)76)30-82-56(77)57(39,78)7-2)81-24-23-80-29-33-10-12-34(13-11-33)61-52(73)32(5)60-54(75)50(31(3)4)64-53(74)41(14-15-45(67)59-19-22-79-21-18-49(71)72)62-46(68)9-8-20-65-47(69)16-17-48(65)70/h10-13,16-17,25-27,31-32,41,50,78H,6-9,14-15,18-24,28-30H2,1-5H3,(H,59,67)(H,60,75)(H,61,73)(H,62,68)(H,64,74)(H,71,72)/t32-,41+,50-,57-/m0/s1. The van der Waals surface area contributed by atoms with Gasteiger partial charge in [-0.1, -0.05) is 39.8 Å². The van der Waals surface area contributed by atoms with Crippen LogP contribution in [-0.4, -0.2) is 136 Å². The number of ether oxygens (including phenoxy) is 4. The number of rotatable bonds is 29. The van der Waals surface area contributed by atoms with Crippen molar-refractivity contribution in [3.8, 4) is 17.1 Å². The molecule has 7 amide bonds. The van der Waals surface area contributed by atoms with Crippen LogP contribution in [0.3, 0.4) is 0 Å². The fourth-order valence-corrected chi connectivity index (χ4v) is 9.64. The molecule has 82 heavy (non-hydrogen) atoms. The van der Waals surface area contributed by atoms with E-state index in [1.807, 2.05) is 6.92 Å². The van der Waals surface area contributed by atoms with Crippen molar-refractivity contribution in [2.75, 3.05) is 44.8 Å². The zero-order valence-electron chi connectivity index (χ0n) is 46.1. The van der Waals surface area contributed by atoms with Crippen molar-refractivity contribution in [2.24, 2.45) is 5.92 Å². The predicted molar refractivity (Wildman–Crippen MR) is 291 cm³/mol. The van der Waals surface area contributed by atoms with Crippen LogP contribution in [0.4, 0.5) is 10.1 Å². The largest absolute Gasteiger partial charge is 0.488 e. The topological polar surface area (TPSA) is 329 Å². The van der Waals surface area contributed by atoms with Gasteiger partial charge in [0.2, 0.25) is 29.5 Å². The number of nitrogens with zero attached hydrogens (tertiary/aromatic N) is 3. The lowest BCUT2D eigenvalue weighted by molar-refractivity contribution is -0.172. The summed E-state index contributed by atoms with van der Waals surface area (Å²) < 4.78 is 39.1. The summed E-state index contributed by atoms with van der Waals surface area (Å²) in [7, 11) is 0. The van der Waals surface area contributed by atoms with Crippen molar-refractivity contribution in [1.82, 2.24) is 35.7 Å². The number of imide groups is 1. The van der Waals surface area contributed by atoms with Crippen LogP contribution < -0.4 is 36.9 Å². The van der Waals surface area contributed by atoms with Crippen LogP contribution in [-0.2, 0) is 89.1 Å². The molecule has 4 atom stereocenters. The summed E-state index contributed by atoms with van der Waals surface area (Å²) >= 11 is 0. The van der Waals surface area contributed by atoms with E-state index in [4.69, 9.17) is 29.0 Å². The van der Waals surface area contributed by atoms with E-state index >= 15 is 4.39 Å². The first-order valence-corrected chi connectivity index (χ1v) is 27.1. The van der Waals surface area contributed by atoms with E-state index in [2.05, 4.69) is 26.6 Å². The highest BCUT2D eigenvalue weighted by Crippen LogP contribution is 2.41. The summed E-state index contributed by atoms with van der Waals surface area (Å²) in [6.45, 7) is 8.49. The first kappa shape index (κ1) is 61.2. The van der Waals surface area contributed by atoms with Gasteiger partial charge in [-0.05, 0) is 73.9 Å². The third kappa shape index (κ3) is 14.5. The minimum Gasteiger partial charge on any atom is -0.488 e. The number of anilines is 1. The molecule has 0 saturated heterocycles. The van der Waals surface area contributed by atoms with Gasteiger partial charge in [-0.25, -0.2) is 14.2 Å². The first-order valence-electron chi connectivity index (χ1n) is 27.1. The van der Waals surface area contributed by atoms with E-state index in [-0.39, 0.29) is 115 Å². The SMILES string of the molecule is CCc1c2c(nc3cc(F)c(OCCOCc4ccc(NC(=O)[C@H](C)NC(=O)[C@@H](NC(=O)[C@@H](CCC(=O)NCCOCCC(=O)O)NC(=O)CCCN5C(=O)C=CC5=O)C(C)C)cc4)cc13)-c1cc3c(c(=O)n1C2)COC(=O)[C@]3(O)CC. The van der Waals surface area contributed by atoms with Crippen molar-refractivity contribution < 1.29 is 76.7 Å². The van der Waals surface area contributed by atoms with Crippen molar-refractivity contribution in [3.63, 3.8) is 0 Å². The molecule has 438 valence electrons. The number of aliphatic carboxylic acids is 1. The molecule has 2 aromatic carbocycles. The first-order chi connectivity index (χ1) is 39.1. The highest BCUT2D eigenvalue weighted by atomic mass is 19.1. The molecule has 2 aromatic heterocycles. The molecule has 3 aliphatic heterocycles. The Labute approximate surface area is 470 Å². The number of fused-ring (bicyclic) bond motifs is 5. The molecule has 0 fully saturated rings. The van der Waals surface area contributed by atoms with Gasteiger partial charge in [0, 0.05) is 66.4 Å². The fourth-order valence-electron chi connectivity index (χ4n) is 9.64. The number of carbonyl (C=O) groups is 9. The molecule has 0 bridgehead atoms. The predicted octanol–water partition coefficient (Wildman–Crippen LogP) is 2.54. The van der Waals surface area contributed by atoms with Crippen molar-refractivity contribution >= 4 is 69.9 Å². The quantitative estimate of drug-likeness (QED) is 0.0205. The number of nitrogens with one attached hydrogen (secondary N) is 5. The maximum absolute atomic E-state index is 15.6. The number of aromatic nitrogens is 2. The Morgan fingerprint density at radius 3 is 2.24 bits per heavy atom. The Kier molecular flexibility index (Phi) is 20.4. The summed E-state index contributed by atoms with van der Waals surface area (Å²) in [6, 6.07) is 7.57.